The van der Waals surface area contributed by atoms with Crippen LogP contribution in [-0.4, -0.2) is 50.1 Å². The van der Waals surface area contributed by atoms with Gasteiger partial charge in [-0.15, -0.1) is 22.7 Å². The minimum Gasteiger partial charge on any atom is -0.497 e. The van der Waals surface area contributed by atoms with Gasteiger partial charge in [-0.1, -0.05) is 12.1 Å². The zero-order valence-electron chi connectivity index (χ0n) is 18.0. The molecule has 7 heteroatoms. The van der Waals surface area contributed by atoms with Gasteiger partial charge in [0.2, 0.25) is 5.91 Å². The van der Waals surface area contributed by atoms with E-state index >= 15 is 0 Å². The molecule has 0 unspecified atom stereocenters. The minimum atomic E-state index is 0.0404. The highest BCUT2D eigenvalue weighted by Crippen LogP contribution is 2.30. The van der Waals surface area contributed by atoms with Crippen LogP contribution in [0.25, 0.3) is 0 Å². The second kappa shape index (κ2) is 10.3. The SMILES string of the molecule is COc1ccc(N2CCN([C@@H](c3cccs3)[C@H](C)NC(=O)Cc3cccs3)CC2)cc1. The molecule has 1 saturated heterocycles. The van der Waals surface area contributed by atoms with Gasteiger partial charge in [-0.3, -0.25) is 9.69 Å². The van der Waals surface area contributed by atoms with Crippen LogP contribution in [0, 0.1) is 0 Å². The molecular formula is C24H29N3O2S2. The van der Waals surface area contributed by atoms with E-state index < -0.39 is 0 Å². The van der Waals surface area contributed by atoms with Crippen molar-refractivity contribution in [1.82, 2.24) is 10.2 Å². The van der Waals surface area contributed by atoms with Crippen molar-refractivity contribution < 1.29 is 9.53 Å². The molecule has 1 aromatic carbocycles. The van der Waals surface area contributed by atoms with Crippen LogP contribution >= 0.6 is 22.7 Å². The van der Waals surface area contributed by atoms with Gasteiger partial charge in [0.25, 0.3) is 0 Å². The van der Waals surface area contributed by atoms with Crippen LogP contribution in [0.5, 0.6) is 5.75 Å². The van der Waals surface area contributed by atoms with E-state index in [9.17, 15) is 4.79 Å². The van der Waals surface area contributed by atoms with Crippen LogP contribution in [0.15, 0.2) is 59.3 Å². The van der Waals surface area contributed by atoms with Crippen LogP contribution in [0.1, 0.15) is 22.7 Å². The Bertz CT molecular complexity index is 934. The van der Waals surface area contributed by atoms with Crippen LogP contribution in [0.3, 0.4) is 0 Å². The zero-order valence-corrected chi connectivity index (χ0v) is 19.6. The first-order chi connectivity index (χ1) is 15.1. The molecule has 0 bridgehead atoms. The van der Waals surface area contributed by atoms with Crippen molar-refractivity contribution >= 4 is 34.3 Å². The average Bonchev–Trinajstić information content (AvgIpc) is 3.49. The molecule has 1 fully saturated rings. The third-order valence-corrected chi connectivity index (χ3v) is 7.58. The first-order valence-corrected chi connectivity index (χ1v) is 12.4. The Labute approximate surface area is 192 Å². The molecule has 1 aliphatic heterocycles. The third kappa shape index (κ3) is 5.47. The third-order valence-electron chi connectivity index (χ3n) is 5.76. The molecule has 1 amide bonds. The van der Waals surface area contributed by atoms with E-state index in [1.165, 1.54) is 10.6 Å². The van der Waals surface area contributed by atoms with Gasteiger partial charge >= 0.3 is 0 Å². The molecule has 0 aliphatic carbocycles. The maximum absolute atomic E-state index is 12.6. The zero-order chi connectivity index (χ0) is 21.6. The number of hydrogen-bond acceptors (Lipinski definition) is 6. The fraction of sp³-hybridized carbons (Fsp3) is 0.375. The van der Waals surface area contributed by atoms with Gasteiger partial charge in [0.05, 0.1) is 19.6 Å². The Kier molecular flexibility index (Phi) is 7.27. The van der Waals surface area contributed by atoms with Crippen molar-refractivity contribution in [1.29, 1.82) is 0 Å². The molecule has 2 atom stereocenters. The fourth-order valence-corrected chi connectivity index (χ4v) is 5.88. The number of nitrogens with one attached hydrogen (secondary N) is 1. The number of nitrogens with zero attached hydrogens (tertiary/aromatic N) is 2. The van der Waals surface area contributed by atoms with Crippen molar-refractivity contribution in [3.63, 3.8) is 0 Å². The monoisotopic (exact) mass is 455 g/mol. The second-order valence-corrected chi connectivity index (χ2v) is 9.81. The summed E-state index contributed by atoms with van der Waals surface area (Å²) in [5, 5.41) is 7.40. The number of carbonyl (C=O) groups excluding carboxylic acids is 1. The molecular weight excluding hydrogens is 426 g/mol. The first-order valence-electron chi connectivity index (χ1n) is 10.6. The number of methoxy groups -OCH3 is 1. The summed E-state index contributed by atoms with van der Waals surface area (Å²) >= 11 is 3.40. The van der Waals surface area contributed by atoms with E-state index in [1.54, 1.807) is 29.8 Å². The molecule has 4 rings (SSSR count). The first kappa shape index (κ1) is 21.9. The smallest absolute Gasteiger partial charge is 0.225 e. The quantitative estimate of drug-likeness (QED) is 0.546. The van der Waals surface area contributed by atoms with Gasteiger partial charge in [-0.25, -0.2) is 0 Å². The van der Waals surface area contributed by atoms with E-state index in [1.807, 2.05) is 29.6 Å². The molecule has 3 heterocycles. The average molecular weight is 456 g/mol. The number of rotatable bonds is 8. The van der Waals surface area contributed by atoms with Crippen LogP contribution < -0.4 is 15.0 Å². The lowest BCUT2D eigenvalue weighted by atomic mass is 10.0. The highest BCUT2D eigenvalue weighted by Gasteiger charge is 2.31. The lowest BCUT2D eigenvalue weighted by Gasteiger charge is -2.42. The largest absolute Gasteiger partial charge is 0.497 e. The van der Waals surface area contributed by atoms with E-state index in [4.69, 9.17) is 4.74 Å². The van der Waals surface area contributed by atoms with Gasteiger partial charge in [0.15, 0.2) is 0 Å². The molecule has 3 aromatic rings. The number of amides is 1. The Hall–Kier alpha value is -2.35. The molecule has 1 N–H and O–H groups in total. The minimum absolute atomic E-state index is 0.0404. The summed E-state index contributed by atoms with van der Waals surface area (Å²) in [6, 6.07) is 16.8. The lowest BCUT2D eigenvalue weighted by Crippen LogP contribution is -2.52. The summed E-state index contributed by atoms with van der Waals surface area (Å²) in [6.45, 7) is 5.97. The maximum atomic E-state index is 12.6. The fourth-order valence-electron chi connectivity index (χ4n) is 4.21. The van der Waals surface area contributed by atoms with Crippen LogP contribution in [-0.2, 0) is 11.2 Å². The summed E-state index contributed by atoms with van der Waals surface area (Å²) < 4.78 is 5.28. The highest BCUT2D eigenvalue weighted by atomic mass is 32.1. The van der Waals surface area contributed by atoms with E-state index in [0.717, 1.165) is 36.8 Å². The number of ether oxygens (including phenoxy) is 1. The van der Waals surface area contributed by atoms with E-state index in [2.05, 4.69) is 51.7 Å². The van der Waals surface area contributed by atoms with Crippen molar-refractivity contribution in [2.75, 3.05) is 38.2 Å². The molecule has 5 nitrogen and oxygen atoms in total. The molecule has 1 aliphatic rings. The maximum Gasteiger partial charge on any atom is 0.225 e. The van der Waals surface area contributed by atoms with Gasteiger partial charge < -0.3 is 15.0 Å². The van der Waals surface area contributed by atoms with Gasteiger partial charge in [0.1, 0.15) is 5.75 Å². The highest BCUT2D eigenvalue weighted by molar-refractivity contribution is 7.10. The van der Waals surface area contributed by atoms with Gasteiger partial charge in [-0.05, 0) is 54.1 Å². The molecule has 0 radical (unpaired) electrons. The number of carbonyl (C=O) groups is 1. The van der Waals surface area contributed by atoms with E-state index in [-0.39, 0.29) is 18.0 Å². The van der Waals surface area contributed by atoms with Crippen molar-refractivity contribution in [3.8, 4) is 5.75 Å². The molecule has 0 saturated carbocycles. The summed E-state index contributed by atoms with van der Waals surface area (Å²) in [7, 11) is 1.69. The predicted octanol–water partition coefficient (Wildman–Crippen LogP) is 4.43. The lowest BCUT2D eigenvalue weighted by molar-refractivity contribution is -0.121. The molecule has 2 aromatic heterocycles. The van der Waals surface area contributed by atoms with Crippen molar-refractivity contribution in [2.45, 2.75) is 25.4 Å². The number of thiophene rings is 2. The number of benzene rings is 1. The van der Waals surface area contributed by atoms with E-state index in [0.29, 0.717) is 6.42 Å². The second-order valence-electron chi connectivity index (χ2n) is 7.79. The standard InChI is InChI=1S/C24H29N3O2S2/c1-18(25-23(28)17-21-5-3-15-30-21)24(22-6-4-16-31-22)27-13-11-26(12-14-27)19-7-9-20(29-2)10-8-19/h3-10,15-16,18,24H,11-14,17H2,1-2H3,(H,25,28)/t18-,24+/m0/s1. The molecule has 164 valence electrons. The predicted molar refractivity (Wildman–Crippen MR) is 129 cm³/mol. The number of anilines is 1. The van der Waals surface area contributed by atoms with Crippen LogP contribution in [0.2, 0.25) is 0 Å². The van der Waals surface area contributed by atoms with Gasteiger partial charge in [0, 0.05) is 47.7 Å². The number of hydrogen-bond donors (Lipinski definition) is 1. The topological polar surface area (TPSA) is 44.8 Å². The number of piperazine rings is 1. The molecule has 0 spiro atoms. The van der Waals surface area contributed by atoms with Gasteiger partial charge in [-0.2, -0.15) is 0 Å². The summed E-state index contributed by atoms with van der Waals surface area (Å²) in [5.41, 5.74) is 1.23. The summed E-state index contributed by atoms with van der Waals surface area (Å²) in [6.07, 6.45) is 0.449. The van der Waals surface area contributed by atoms with Crippen LogP contribution in [0.4, 0.5) is 5.69 Å². The Morgan fingerprint density at radius 3 is 2.35 bits per heavy atom. The van der Waals surface area contributed by atoms with Crippen molar-refractivity contribution in [3.05, 3.63) is 69.0 Å². The summed E-state index contributed by atoms with van der Waals surface area (Å²) in [4.78, 5) is 20.0. The Morgan fingerprint density at radius 2 is 1.74 bits per heavy atom. The Balaban J connectivity index is 1.40. The van der Waals surface area contributed by atoms with Crippen molar-refractivity contribution in [2.24, 2.45) is 0 Å². The normalized spacial score (nSPS) is 16.6. The molecule has 31 heavy (non-hydrogen) atoms. The Morgan fingerprint density at radius 1 is 1.03 bits per heavy atom. The summed E-state index contributed by atoms with van der Waals surface area (Å²) in [5.74, 6) is 0.973.